The Bertz CT molecular complexity index is 396. The number of hydrogen-bond donors (Lipinski definition) is 0. The predicted molar refractivity (Wildman–Crippen MR) is 58.1 cm³/mol. The number of methoxy groups -OCH3 is 2. The molecule has 0 fully saturated rings. The average molecular weight is 239 g/mol. The van der Waals surface area contributed by atoms with Gasteiger partial charge in [-0.15, -0.1) is 0 Å². The fourth-order valence-corrected chi connectivity index (χ4v) is 1.17. The lowest BCUT2D eigenvalue weighted by atomic mass is 10.2. The maximum absolute atomic E-state index is 11.3. The number of esters is 2. The summed E-state index contributed by atoms with van der Waals surface area (Å²) in [5.74, 6) is -0.920. The van der Waals surface area contributed by atoms with Crippen molar-refractivity contribution in [1.29, 1.82) is 0 Å². The van der Waals surface area contributed by atoms with Gasteiger partial charge in [0.05, 0.1) is 20.8 Å². The Morgan fingerprint density at radius 3 is 1.94 bits per heavy atom. The molecule has 0 bridgehead atoms. The van der Waals surface area contributed by atoms with Crippen molar-refractivity contribution < 1.29 is 23.8 Å². The summed E-state index contributed by atoms with van der Waals surface area (Å²) in [5.41, 5.74) is -0.00213. The monoisotopic (exact) mass is 239 g/mol. The minimum atomic E-state index is -0.642. The van der Waals surface area contributed by atoms with Gasteiger partial charge in [-0.25, -0.2) is 14.6 Å². The molecule has 0 radical (unpaired) electrons. The molecule has 0 N–H and O–H groups in total. The van der Waals surface area contributed by atoms with Crippen LogP contribution in [0.1, 0.15) is 27.9 Å². The van der Waals surface area contributed by atoms with E-state index in [2.05, 4.69) is 14.5 Å². The van der Waals surface area contributed by atoms with Gasteiger partial charge in [0.25, 0.3) is 0 Å². The van der Waals surface area contributed by atoms with Crippen molar-refractivity contribution in [3.63, 3.8) is 0 Å². The summed E-state index contributed by atoms with van der Waals surface area (Å²) >= 11 is 0. The minimum Gasteiger partial charge on any atom is -0.494 e. The number of carbonyl (C=O) groups is 2. The Labute approximate surface area is 98.5 Å². The van der Waals surface area contributed by atoms with Crippen LogP contribution in [0.4, 0.5) is 0 Å². The Balaban J connectivity index is 3.18. The molecule has 6 heteroatoms. The molecule has 0 atom stereocenters. The Hall–Kier alpha value is -2.11. The second kappa shape index (κ2) is 5.83. The highest BCUT2D eigenvalue weighted by Gasteiger charge is 2.15. The molecule has 0 aliphatic heterocycles. The Morgan fingerprint density at radius 2 is 1.59 bits per heavy atom. The largest absolute Gasteiger partial charge is 0.494 e. The van der Waals surface area contributed by atoms with E-state index in [9.17, 15) is 9.59 Å². The van der Waals surface area contributed by atoms with Crippen LogP contribution in [0.5, 0.6) is 5.75 Å². The van der Waals surface area contributed by atoms with Crippen LogP contribution in [-0.2, 0) is 9.47 Å². The Morgan fingerprint density at radius 1 is 1.12 bits per heavy atom. The third kappa shape index (κ3) is 3.17. The van der Waals surface area contributed by atoms with Gasteiger partial charge in [0.15, 0.2) is 11.4 Å². The number of hydrogen-bond acceptors (Lipinski definition) is 6. The lowest BCUT2D eigenvalue weighted by molar-refractivity contribution is 0.0584. The van der Waals surface area contributed by atoms with Crippen LogP contribution < -0.4 is 4.74 Å². The number of pyridine rings is 1. The van der Waals surface area contributed by atoms with Crippen LogP contribution in [0.3, 0.4) is 0 Å². The van der Waals surface area contributed by atoms with Crippen molar-refractivity contribution in [2.75, 3.05) is 20.8 Å². The van der Waals surface area contributed by atoms with E-state index in [-0.39, 0.29) is 11.4 Å². The molecule has 6 nitrogen and oxygen atoms in total. The van der Waals surface area contributed by atoms with Crippen LogP contribution in [0.15, 0.2) is 12.1 Å². The van der Waals surface area contributed by atoms with Gasteiger partial charge in [-0.05, 0) is 6.92 Å². The maximum atomic E-state index is 11.3. The van der Waals surface area contributed by atoms with E-state index in [0.717, 1.165) is 0 Å². The van der Waals surface area contributed by atoms with Crippen LogP contribution in [-0.4, -0.2) is 37.7 Å². The summed E-state index contributed by atoms with van der Waals surface area (Å²) in [6, 6.07) is 2.81. The van der Waals surface area contributed by atoms with E-state index in [0.29, 0.717) is 12.4 Å². The fraction of sp³-hybridized carbons (Fsp3) is 0.364. The number of ether oxygens (including phenoxy) is 3. The van der Waals surface area contributed by atoms with Crippen molar-refractivity contribution in [3.05, 3.63) is 23.5 Å². The van der Waals surface area contributed by atoms with Gasteiger partial charge in [0.2, 0.25) is 0 Å². The highest BCUT2D eigenvalue weighted by atomic mass is 16.5. The van der Waals surface area contributed by atoms with E-state index in [4.69, 9.17) is 4.74 Å². The van der Waals surface area contributed by atoms with Gasteiger partial charge in [0, 0.05) is 12.1 Å². The van der Waals surface area contributed by atoms with Gasteiger partial charge in [-0.1, -0.05) is 0 Å². The zero-order valence-electron chi connectivity index (χ0n) is 9.85. The van der Waals surface area contributed by atoms with Crippen LogP contribution >= 0.6 is 0 Å². The molecular formula is C11H13NO5. The first-order valence-electron chi connectivity index (χ1n) is 4.93. The van der Waals surface area contributed by atoms with Gasteiger partial charge >= 0.3 is 11.9 Å². The molecule has 0 aromatic carbocycles. The maximum Gasteiger partial charge on any atom is 0.356 e. The lowest BCUT2D eigenvalue weighted by Crippen LogP contribution is -2.11. The summed E-state index contributed by atoms with van der Waals surface area (Å²) in [5, 5.41) is 0. The second-order valence-corrected chi connectivity index (χ2v) is 2.99. The van der Waals surface area contributed by atoms with Crippen molar-refractivity contribution in [2.24, 2.45) is 0 Å². The van der Waals surface area contributed by atoms with Crippen molar-refractivity contribution >= 4 is 11.9 Å². The topological polar surface area (TPSA) is 74.7 Å². The molecular weight excluding hydrogens is 226 g/mol. The van der Waals surface area contributed by atoms with Gasteiger partial charge in [-0.2, -0.15) is 0 Å². The van der Waals surface area contributed by atoms with E-state index in [1.54, 1.807) is 6.92 Å². The van der Waals surface area contributed by atoms with E-state index in [1.165, 1.54) is 26.4 Å². The molecule has 1 aromatic rings. The first kappa shape index (κ1) is 13.0. The van der Waals surface area contributed by atoms with Crippen molar-refractivity contribution in [3.8, 4) is 5.75 Å². The number of nitrogens with zero attached hydrogens (tertiary/aromatic N) is 1. The first-order chi connectivity index (χ1) is 8.12. The average Bonchev–Trinajstić information content (AvgIpc) is 2.36. The number of aromatic nitrogens is 1. The van der Waals surface area contributed by atoms with Crippen molar-refractivity contribution in [1.82, 2.24) is 4.98 Å². The molecule has 1 aromatic heterocycles. The Kier molecular flexibility index (Phi) is 4.45. The molecule has 0 spiro atoms. The molecule has 0 saturated heterocycles. The summed E-state index contributed by atoms with van der Waals surface area (Å²) < 4.78 is 14.3. The van der Waals surface area contributed by atoms with Gasteiger partial charge in [-0.3, -0.25) is 0 Å². The van der Waals surface area contributed by atoms with Gasteiger partial charge < -0.3 is 14.2 Å². The molecule has 0 aliphatic rings. The normalized spacial score (nSPS) is 9.59. The van der Waals surface area contributed by atoms with Crippen LogP contribution in [0.25, 0.3) is 0 Å². The SMILES string of the molecule is CCOc1cc(C(=O)OC)nc(C(=O)OC)c1. The standard InChI is InChI=1S/C11H13NO5/c1-4-17-7-5-8(10(13)15-2)12-9(6-7)11(14)16-3/h5-6H,4H2,1-3H3. The lowest BCUT2D eigenvalue weighted by Gasteiger charge is -2.07. The highest BCUT2D eigenvalue weighted by molar-refractivity contribution is 5.92. The van der Waals surface area contributed by atoms with Crippen LogP contribution in [0.2, 0.25) is 0 Å². The molecule has 17 heavy (non-hydrogen) atoms. The predicted octanol–water partition coefficient (Wildman–Crippen LogP) is 1.05. The molecule has 0 amide bonds. The zero-order valence-corrected chi connectivity index (χ0v) is 9.85. The van der Waals surface area contributed by atoms with Gasteiger partial charge in [0.1, 0.15) is 5.75 Å². The fourth-order valence-electron chi connectivity index (χ4n) is 1.17. The van der Waals surface area contributed by atoms with E-state index in [1.807, 2.05) is 0 Å². The summed E-state index contributed by atoms with van der Waals surface area (Å²) in [6.45, 7) is 2.20. The zero-order chi connectivity index (χ0) is 12.8. The van der Waals surface area contributed by atoms with E-state index >= 15 is 0 Å². The summed E-state index contributed by atoms with van der Waals surface area (Å²) in [6.07, 6.45) is 0. The smallest absolute Gasteiger partial charge is 0.356 e. The molecule has 92 valence electrons. The minimum absolute atomic E-state index is 0.00106. The molecule has 1 heterocycles. The second-order valence-electron chi connectivity index (χ2n) is 2.99. The summed E-state index contributed by atoms with van der Waals surface area (Å²) in [7, 11) is 2.46. The highest BCUT2D eigenvalue weighted by Crippen LogP contribution is 2.15. The van der Waals surface area contributed by atoms with Crippen molar-refractivity contribution in [2.45, 2.75) is 6.92 Å². The molecule has 1 rings (SSSR count). The number of carbonyl (C=O) groups excluding carboxylic acids is 2. The van der Waals surface area contributed by atoms with E-state index < -0.39 is 11.9 Å². The molecule has 0 saturated carbocycles. The summed E-state index contributed by atoms with van der Waals surface area (Å²) in [4.78, 5) is 26.5. The van der Waals surface area contributed by atoms with Crippen LogP contribution in [0, 0.1) is 0 Å². The molecule has 0 aliphatic carbocycles. The third-order valence-electron chi connectivity index (χ3n) is 1.90. The number of rotatable bonds is 4. The molecule has 0 unspecified atom stereocenters. The quantitative estimate of drug-likeness (QED) is 0.731. The first-order valence-corrected chi connectivity index (χ1v) is 4.93. The third-order valence-corrected chi connectivity index (χ3v) is 1.90.